The average molecular weight is 430 g/mol. The molecule has 0 aliphatic rings. The predicted octanol–water partition coefficient (Wildman–Crippen LogP) is 2.52. The molecule has 148 valence electrons. The zero-order valence-corrected chi connectivity index (χ0v) is 17.1. The van der Waals surface area contributed by atoms with Crippen molar-refractivity contribution in [2.75, 3.05) is 5.32 Å². The number of halogens is 1. The predicted molar refractivity (Wildman–Crippen MR) is 114 cm³/mol. The molecule has 4 aromatic rings. The van der Waals surface area contributed by atoms with Crippen molar-refractivity contribution in [2.24, 2.45) is 14.1 Å². The van der Waals surface area contributed by atoms with Crippen LogP contribution in [0.5, 0.6) is 0 Å². The third kappa shape index (κ3) is 3.50. The van der Waals surface area contributed by atoms with Gasteiger partial charge in [0.1, 0.15) is 5.82 Å². The molecule has 29 heavy (non-hydrogen) atoms. The highest BCUT2D eigenvalue weighted by molar-refractivity contribution is 7.11. The van der Waals surface area contributed by atoms with Gasteiger partial charge in [0.05, 0.1) is 23.0 Å². The zero-order chi connectivity index (χ0) is 20.7. The molecular weight excluding hydrogens is 414 g/mol. The third-order valence-electron chi connectivity index (χ3n) is 4.61. The van der Waals surface area contributed by atoms with E-state index in [-0.39, 0.29) is 12.3 Å². The quantitative estimate of drug-likeness (QED) is 0.520. The van der Waals surface area contributed by atoms with Crippen LogP contribution in [-0.4, -0.2) is 25.2 Å². The van der Waals surface area contributed by atoms with Gasteiger partial charge in [-0.2, -0.15) is 5.10 Å². The van der Waals surface area contributed by atoms with Gasteiger partial charge in [-0.1, -0.05) is 23.7 Å². The molecule has 0 saturated carbocycles. The second-order valence-electron chi connectivity index (χ2n) is 6.52. The molecule has 0 atom stereocenters. The molecule has 0 radical (unpaired) electrons. The number of amides is 1. The Morgan fingerprint density at radius 2 is 1.93 bits per heavy atom. The number of thiophene rings is 1. The standard InChI is InChI=1S/C19H16ClN5O3S/c1-24-13-9-29-14(17(13)18(27)25(2)19(24)28)8-16(26)21-15-7-12(22-23-15)10-3-5-11(20)6-4-10/h3-7,9H,8H2,1-2H3,(H2,21,22,23,26). The van der Waals surface area contributed by atoms with Gasteiger partial charge in [0.25, 0.3) is 5.56 Å². The Hall–Kier alpha value is -3.17. The summed E-state index contributed by atoms with van der Waals surface area (Å²) in [6, 6.07) is 8.92. The van der Waals surface area contributed by atoms with Gasteiger partial charge in [-0.25, -0.2) is 4.79 Å². The lowest BCUT2D eigenvalue weighted by Gasteiger charge is -2.05. The van der Waals surface area contributed by atoms with Crippen molar-refractivity contribution in [3.05, 3.63) is 66.4 Å². The molecule has 1 aromatic carbocycles. The Labute approximate surface area is 173 Å². The lowest BCUT2D eigenvalue weighted by atomic mass is 10.1. The average Bonchev–Trinajstić information content (AvgIpc) is 3.32. The number of carbonyl (C=O) groups excluding carboxylic acids is 1. The van der Waals surface area contributed by atoms with Gasteiger partial charge < -0.3 is 5.32 Å². The number of anilines is 1. The number of hydrogen-bond donors (Lipinski definition) is 2. The van der Waals surface area contributed by atoms with Crippen LogP contribution in [0.25, 0.3) is 22.2 Å². The van der Waals surface area contributed by atoms with E-state index >= 15 is 0 Å². The summed E-state index contributed by atoms with van der Waals surface area (Å²) in [5, 5.41) is 12.5. The first-order valence-corrected chi connectivity index (χ1v) is 9.88. The summed E-state index contributed by atoms with van der Waals surface area (Å²) in [6.45, 7) is 0. The van der Waals surface area contributed by atoms with Crippen LogP contribution in [-0.2, 0) is 25.3 Å². The zero-order valence-electron chi connectivity index (χ0n) is 15.5. The SMILES string of the molecule is Cn1c(=O)c2c(CC(=O)Nc3cc(-c4ccc(Cl)cc4)n[nH]3)scc2n(C)c1=O. The number of fused-ring (bicyclic) bond motifs is 1. The number of carbonyl (C=O) groups is 1. The van der Waals surface area contributed by atoms with Crippen LogP contribution < -0.4 is 16.6 Å². The highest BCUT2D eigenvalue weighted by Gasteiger charge is 2.17. The van der Waals surface area contributed by atoms with Crippen LogP contribution in [0, 0.1) is 0 Å². The molecule has 0 aliphatic heterocycles. The molecule has 0 unspecified atom stereocenters. The largest absolute Gasteiger partial charge is 0.330 e. The van der Waals surface area contributed by atoms with Gasteiger partial charge in [-0.3, -0.25) is 23.8 Å². The number of nitrogens with one attached hydrogen (secondary N) is 2. The molecule has 4 rings (SSSR count). The molecule has 1 amide bonds. The number of hydrogen-bond acceptors (Lipinski definition) is 5. The van der Waals surface area contributed by atoms with Crippen molar-refractivity contribution < 1.29 is 4.79 Å². The number of rotatable bonds is 4. The Balaban J connectivity index is 1.56. The Kier molecular flexibility index (Phi) is 4.85. The summed E-state index contributed by atoms with van der Waals surface area (Å²) >= 11 is 7.17. The Morgan fingerprint density at radius 3 is 2.66 bits per heavy atom. The van der Waals surface area contributed by atoms with Crippen LogP contribution in [0.15, 0.2) is 45.3 Å². The second-order valence-corrected chi connectivity index (χ2v) is 7.92. The van der Waals surface area contributed by atoms with E-state index in [1.165, 1.54) is 23.0 Å². The van der Waals surface area contributed by atoms with Crippen molar-refractivity contribution in [2.45, 2.75) is 6.42 Å². The fourth-order valence-corrected chi connectivity index (χ4v) is 4.25. The lowest BCUT2D eigenvalue weighted by molar-refractivity contribution is -0.115. The summed E-state index contributed by atoms with van der Waals surface area (Å²) in [6.07, 6.45) is 0.0108. The summed E-state index contributed by atoms with van der Waals surface area (Å²) in [5.74, 6) is 0.150. The molecule has 10 heteroatoms. The topological polar surface area (TPSA) is 102 Å². The van der Waals surface area contributed by atoms with Gasteiger partial charge in [-0.15, -0.1) is 11.3 Å². The highest BCUT2D eigenvalue weighted by atomic mass is 35.5. The number of aryl methyl sites for hydroxylation is 1. The Bertz CT molecular complexity index is 1350. The maximum atomic E-state index is 12.5. The van der Waals surface area contributed by atoms with Crippen molar-refractivity contribution in [3.8, 4) is 11.3 Å². The second kappa shape index (κ2) is 7.34. The van der Waals surface area contributed by atoms with E-state index in [9.17, 15) is 14.4 Å². The number of H-pyrrole nitrogens is 1. The summed E-state index contributed by atoms with van der Waals surface area (Å²) in [5.41, 5.74) is 1.25. The normalized spacial score (nSPS) is 11.1. The number of nitrogens with zero attached hydrogens (tertiary/aromatic N) is 3. The van der Waals surface area contributed by atoms with Crippen LogP contribution in [0.3, 0.4) is 0 Å². The van der Waals surface area contributed by atoms with Gasteiger partial charge in [0, 0.05) is 41.0 Å². The van der Waals surface area contributed by atoms with Crippen molar-refractivity contribution >= 4 is 45.6 Å². The van der Waals surface area contributed by atoms with E-state index in [1.807, 2.05) is 12.1 Å². The molecule has 3 aromatic heterocycles. The van der Waals surface area contributed by atoms with Crippen molar-refractivity contribution in [1.82, 2.24) is 19.3 Å². The van der Waals surface area contributed by atoms with Gasteiger partial charge in [0.2, 0.25) is 5.91 Å². The molecule has 2 N–H and O–H groups in total. The maximum Gasteiger partial charge on any atom is 0.330 e. The third-order valence-corrected chi connectivity index (χ3v) is 5.84. The van der Waals surface area contributed by atoms with Gasteiger partial charge in [-0.05, 0) is 12.1 Å². The number of benzene rings is 1. The van der Waals surface area contributed by atoms with E-state index in [0.29, 0.717) is 32.3 Å². The molecule has 0 bridgehead atoms. The minimum Gasteiger partial charge on any atom is -0.311 e. The molecular formula is C19H16ClN5O3S. The van der Waals surface area contributed by atoms with E-state index in [2.05, 4.69) is 15.5 Å². The fraction of sp³-hybridized carbons (Fsp3) is 0.158. The minimum atomic E-state index is -0.404. The maximum absolute atomic E-state index is 12.5. The summed E-state index contributed by atoms with van der Waals surface area (Å²) < 4.78 is 2.45. The minimum absolute atomic E-state index is 0.0108. The van der Waals surface area contributed by atoms with Gasteiger partial charge in [0.15, 0.2) is 0 Å². The van der Waals surface area contributed by atoms with Crippen LogP contribution in [0.4, 0.5) is 5.82 Å². The molecule has 0 aliphatic carbocycles. The summed E-state index contributed by atoms with van der Waals surface area (Å²) in [4.78, 5) is 37.7. The van der Waals surface area contributed by atoms with Gasteiger partial charge >= 0.3 is 5.69 Å². The molecule has 0 spiro atoms. The monoisotopic (exact) mass is 429 g/mol. The fourth-order valence-electron chi connectivity index (χ4n) is 3.07. The number of aromatic amines is 1. The Morgan fingerprint density at radius 1 is 1.21 bits per heavy atom. The number of aromatic nitrogens is 4. The van der Waals surface area contributed by atoms with Crippen LogP contribution >= 0.6 is 22.9 Å². The van der Waals surface area contributed by atoms with E-state index in [0.717, 1.165) is 10.1 Å². The first-order valence-electron chi connectivity index (χ1n) is 8.62. The van der Waals surface area contributed by atoms with E-state index in [1.54, 1.807) is 30.6 Å². The first-order chi connectivity index (χ1) is 13.8. The van der Waals surface area contributed by atoms with Crippen LogP contribution in [0.1, 0.15) is 4.88 Å². The molecule has 0 saturated heterocycles. The molecule has 3 heterocycles. The lowest BCUT2D eigenvalue weighted by Crippen LogP contribution is -2.36. The highest BCUT2D eigenvalue weighted by Crippen LogP contribution is 2.24. The van der Waals surface area contributed by atoms with E-state index < -0.39 is 11.2 Å². The van der Waals surface area contributed by atoms with Crippen LogP contribution in [0.2, 0.25) is 5.02 Å². The van der Waals surface area contributed by atoms with Crippen molar-refractivity contribution in [3.63, 3.8) is 0 Å². The van der Waals surface area contributed by atoms with Crippen molar-refractivity contribution in [1.29, 1.82) is 0 Å². The first kappa shape index (κ1) is 19.2. The summed E-state index contributed by atoms with van der Waals surface area (Å²) in [7, 11) is 3.03. The molecule has 0 fully saturated rings. The molecule has 8 nitrogen and oxygen atoms in total. The van der Waals surface area contributed by atoms with E-state index in [4.69, 9.17) is 11.6 Å². The smallest absolute Gasteiger partial charge is 0.311 e.